The number of pyridine rings is 1. The number of carbonyl (C=O) groups is 1. The smallest absolute Gasteiger partial charge is 0.366 e. The first-order valence-corrected chi connectivity index (χ1v) is 8.56. The number of alkyl halides is 3. The number of likely N-dealkylation sites (tertiary alicyclic amines) is 1. The molecule has 1 aromatic rings. The number of anilines is 1. The molecule has 0 aliphatic carbocycles. The van der Waals surface area contributed by atoms with Crippen LogP contribution in [0.25, 0.3) is 0 Å². The molecule has 2 rings (SSSR count). The quantitative estimate of drug-likeness (QED) is 0.793. The number of halogens is 4. The molecule has 24 heavy (non-hydrogen) atoms. The van der Waals surface area contributed by atoms with Gasteiger partial charge in [0, 0.05) is 30.7 Å². The van der Waals surface area contributed by atoms with E-state index in [2.05, 4.69) is 26.2 Å². The number of amides is 1. The molecule has 0 atom stereocenters. The number of nitrogens with zero attached hydrogens (tertiary/aromatic N) is 2. The van der Waals surface area contributed by atoms with Gasteiger partial charge >= 0.3 is 6.18 Å². The molecule has 1 aromatic heterocycles. The highest BCUT2D eigenvalue weighted by Crippen LogP contribution is 2.33. The summed E-state index contributed by atoms with van der Waals surface area (Å²) in [6, 6.07) is 1.10. The van der Waals surface area contributed by atoms with Crippen LogP contribution in [0.4, 0.5) is 19.0 Å². The molecule has 1 amide bonds. The number of rotatable bonds is 2. The molecule has 0 unspecified atom stereocenters. The van der Waals surface area contributed by atoms with Crippen LogP contribution in [0.3, 0.4) is 0 Å². The summed E-state index contributed by atoms with van der Waals surface area (Å²) in [7, 11) is 0. The molecule has 0 spiro atoms. The minimum atomic E-state index is -4.41. The van der Waals surface area contributed by atoms with Gasteiger partial charge in [0.1, 0.15) is 5.82 Å². The van der Waals surface area contributed by atoms with Crippen LogP contribution in [0.2, 0.25) is 0 Å². The van der Waals surface area contributed by atoms with Crippen molar-refractivity contribution in [3.8, 4) is 0 Å². The van der Waals surface area contributed by atoms with Crippen molar-refractivity contribution in [2.24, 2.45) is 5.41 Å². The van der Waals surface area contributed by atoms with E-state index in [9.17, 15) is 18.0 Å². The second kappa shape index (κ2) is 6.90. The summed E-state index contributed by atoms with van der Waals surface area (Å²) >= 11 is 3.14. The Labute approximate surface area is 147 Å². The molecule has 1 aliphatic rings. The average molecular weight is 408 g/mol. The van der Waals surface area contributed by atoms with Gasteiger partial charge in [0.15, 0.2) is 0 Å². The Morgan fingerprint density at radius 3 is 2.33 bits per heavy atom. The molecule has 8 heteroatoms. The van der Waals surface area contributed by atoms with Gasteiger partial charge in [-0.25, -0.2) is 4.98 Å². The largest absolute Gasteiger partial charge is 0.417 e. The lowest BCUT2D eigenvalue weighted by atomic mass is 9.93. The Kier molecular flexibility index (Phi) is 5.47. The molecule has 0 radical (unpaired) electrons. The third kappa shape index (κ3) is 4.62. The van der Waals surface area contributed by atoms with Gasteiger partial charge in [0.05, 0.1) is 10.0 Å². The zero-order valence-electron chi connectivity index (χ0n) is 13.9. The molecule has 0 saturated carbocycles. The van der Waals surface area contributed by atoms with Gasteiger partial charge in [0.2, 0.25) is 5.91 Å². The molecule has 1 N–H and O–H groups in total. The fraction of sp³-hybridized carbons (Fsp3) is 0.625. The van der Waals surface area contributed by atoms with Crippen molar-refractivity contribution in [2.75, 3.05) is 18.4 Å². The molecule has 134 valence electrons. The molecule has 2 heterocycles. The number of hydrogen-bond donors (Lipinski definition) is 1. The number of nitrogens with one attached hydrogen (secondary N) is 1. The van der Waals surface area contributed by atoms with Crippen LogP contribution in [-0.2, 0) is 11.0 Å². The summed E-state index contributed by atoms with van der Waals surface area (Å²) < 4.78 is 38.2. The third-order valence-corrected chi connectivity index (χ3v) is 4.54. The van der Waals surface area contributed by atoms with Gasteiger partial charge in [-0.1, -0.05) is 20.8 Å². The number of carbonyl (C=O) groups excluding carboxylic acids is 1. The first kappa shape index (κ1) is 19.0. The van der Waals surface area contributed by atoms with Crippen molar-refractivity contribution < 1.29 is 18.0 Å². The molecule has 4 nitrogen and oxygen atoms in total. The fourth-order valence-electron chi connectivity index (χ4n) is 2.59. The van der Waals surface area contributed by atoms with Crippen LogP contribution >= 0.6 is 15.9 Å². The van der Waals surface area contributed by atoms with E-state index in [0.29, 0.717) is 18.9 Å². The standard InChI is InChI=1S/C16H21BrF3N3O/c1-15(2,3)14(24)23-6-4-11(5-7-23)22-13-12(17)8-10(9-21-13)16(18,19)20/h8-9,11H,4-7H2,1-3H3,(H,21,22). The topological polar surface area (TPSA) is 45.2 Å². The second-order valence-electron chi connectivity index (χ2n) is 7.01. The van der Waals surface area contributed by atoms with E-state index >= 15 is 0 Å². The molecule has 1 fully saturated rings. The van der Waals surface area contributed by atoms with Gasteiger partial charge in [-0.15, -0.1) is 0 Å². The monoisotopic (exact) mass is 407 g/mol. The summed E-state index contributed by atoms with van der Waals surface area (Å²) in [4.78, 5) is 18.0. The Bertz CT molecular complexity index is 606. The molecule has 0 aromatic carbocycles. The Balaban J connectivity index is 1.96. The lowest BCUT2D eigenvalue weighted by Crippen LogP contribution is -2.46. The lowest BCUT2D eigenvalue weighted by molar-refractivity contribution is -0.140. The minimum Gasteiger partial charge on any atom is -0.366 e. The van der Waals surface area contributed by atoms with E-state index in [1.807, 2.05) is 25.7 Å². The number of aromatic nitrogens is 1. The van der Waals surface area contributed by atoms with Crippen LogP contribution < -0.4 is 5.32 Å². The first-order chi connectivity index (χ1) is 11.0. The molecule has 0 bridgehead atoms. The van der Waals surface area contributed by atoms with Crippen LogP contribution in [-0.4, -0.2) is 34.9 Å². The first-order valence-electron chi connectivity index (χ1n) is 7.77. The SMILES string of the molecule is CC(C)(C)C(=O)N1CCC(Nc2ncc(C(F)(F)F)cc2Br)CC1. The summed E-state index contributed by atoms with van der Waals surface area (Å²) in [6.45, 7) is 6.94. The third-order valence-electron chi connectivity index (χ3n) is 3.93. The van der Waals surface area contributed by atoms with E-state index in [0.717, 1.165) is 25.1 Å². The van der Waals surface area contributed by atoms with Gasteiger partial charge in [-0.3, -0.25) is 4.79 Å². The van der Waals surface area contributed by atoms with Crippen LogP contribution in [0.15, 0.2) is 16.7 Å². The highest BCUT2D eigenvalue weighted by atomic mass is 79.9. The summed E-state index contributed by atoms with van der Waals surface area (Å²) in [6.07, 6.45) is -2.12. The number of piperidine rings is 1. The highest BCUT2D eigenvalue weighted by molar-refractivity contribution is 9.10. The summed E-state index contributed by atoms with van der Waals surface area (Å²) in [5.41, 5.74) is -1.19. The minimum absolute atomic E-state index is 0.0783. The summed E-state index contributed by atoms with van der Waals surface area (Å²) in [5, 5.41) is 3.16. The second-order valence-corrected chi connectivity index (χ2v) is 7.87. The lowest BCUT2D eigenvalue weighted by Gasteiger charge is -2.36. The normalized spacial score (nSPS) is 17.0. The average Bonchev–Trinajstić information content (AvgIpc) is 2.47. The van der Waals surface area contributed by atoms with Crippen molar-refractivity contribution in [1.29, 1.82) is 0 Å². The molecule has 1 aliphatic heterocycles. The maximum atomic E-state index is 12.7. The maximum Gasteiger partial charge on any atom is 0.417 e. The number of hydrogen-bond acceptors (Lipinski definition) is 3. The Hall–Kier alpha value is -1.31. The maximum absolute atomic E-state index is 12.7. The van der Waals surface area contributed by atoms with Gasteiger partial charge < -0.3 is 10.2 Å². The highest BCUT2D eigenvalue weighted by Gasteiger charge is 2.32. The van der Waals surface area contributed by atoms with E-state index in [1.165, 1.54) is 0 Å². The van der Waals surface area contributed by atoms with E-state index in [1.54, 1.807) is 0 Å². The molecule has 1 saturated heterocycles. The van der Waals surface area contributed by atoms with Crippen molar-refractivity contribution >= 4 is 27.7 Å². The predicted molar refractivity (Wildman–Crippen MR) is 89.6 cm³/mol. The summed E-state index contributed by atoms with van der Waals surface area (Å²) in [5.74, 6) is 0.512. The van der Waals surface area contributed by atoms with Crippen molar-refractivity contribution in [3.63, 3.8) is 0 Å². The van der Waals surface area contributed by atoms with Crippen LogP contribution in [0, 0.1) is 5.41 Å². The van der Waals surface area contributed by atoms with E-state index in [-0.39, 0.29) is 16.4 Å². The van der Waals surface area contributed by atoms with Gasteiger partial charge in [-0.2, -0.15) is 13.2 Å². The van der Waals surface area contributed by atoms with E-state index < -0.39 is 17.2 Å². The Morgan fingerprint density at radius 1 is 1.29 bits per heavy atom. The molecular formula is C16H21BrF3N3O. The zero-order chi connectivity index (χ0) is 18.1. The van der Waals surface area contributed by atoms with Crippen LogP contribution in [0.1, 0.15) is 39.2 Å². The Morgan fingerprint density at radius 2 is 1.88 bits per heavy atom. The van der Waals surface area contributed by atoms with Gasteiger partial charge in [-0.05, 0) is 34.8 Å². The molecular weight excluding hydrogens is 387 g/mol. The predicted octanol–water partition coefficient (Wildman–Crippen LogP) is 4.31. The van der Waals surface area contributed by atoms with Gasteiger partial charge in [0.25, 0.3) is 0 Å². The van der Waals surface area contributed by atoms with Crippen molar-refractivity contribution in [3.05, 3.63) is 22.3 Å². The zero-order valence-corrected chi connectivity index (χ0v) is 15.5. The van der Waals surface area contributed by atoms with Crippen LogP contribution in [0.5, 0.6) is 0 Å². The van der Waals surface area contributed by atoms with Crippen molar-refractivity contribution in [2.45, 2.75) is 45.8 Å². The van der Waals surface area contributed by atoms with Crippen molar-refractivity contribution in [1.82, 2.24) is 9.88 Å². The fourth-order valence-corrected chi connectivity index (χ4v) is 3.06. The van der Waals surface area contributed by atoms with E-state index in [4.69, 9.17) is 0 Å².